The molecular formula is C19H22ClNO5S. The summed E-state index contributed by atoms with van der Waals surface area (Å²) in [4.78, 5) is 37.7. The van der Waals surface area contributed by atoms with Gasteiger partial charge in [-0.1, -0.05) is 24.6 Å². The third kappa shape index (κ3) is 5.05. The maximum Gasteiger partial charge on any atom is 0.329 e. The number of rotatable bonds is 7. The third-order valence-corrected chi connectivity index (χ3v) is 5.17. The lowest BCUT2D eigenvalue weighted by molar-refractivity contribution is -0.150. The van der Waals surface area contributed by atoms with Crippen LogP contribution in [0.15, 0.2) is 23.1 Å². The van der Waals surface area contributed by atoms with Gasteiger partial charge in [-0.05, 0) is 62.7 Å². The fraction of sp³-hybridized carbons (Fsp3) is 0.421. The summed E-state index contributed by atoms with van der Waals surface area (Å²) in [5.41, 5.74) is 0.658. The summed E-state index contributed by atoms with van der Waals surface area (Å²) >= 11 is 7.03. The van der Waals surface area contributed by atoms with Gasteiger partial charge in [0.15, 0.2) is 0 Å². The summed E-state index contributed by atoms with van der Waals surface area (Å²) in [7, 11) is 0. The zero-order chi connectivity index (χ0) is 20.1. The lowest BCUT2D eigenvalue weighted by atomic mass is 10.2. The van der Waals surface area contributed by atoms with Crippen LogP contribution >= 0.6 is 23.4 Å². The minimum absolute atomic E-state index is 0.0363. The molecule has 0 spiro atoms. The SMILES string of the molecule is CCOC(=O)[C@H](C)N1C(=O)S/C(=C/c2ccc(O[C@@H](C)CC)c(Cl)c2)C1=O. The molecule has 27 heavy (non-hydrogen) atoms. The van der Waals surface area contributed by atoms with Gasteiger partial charge in [0, 0.05) is 0 Å². The van der Waals surface area contributed by atoms with Gasteiger partial charge in [-0.3, -0.25) is 14.5 Å². The van der Waals surface area contributed by atoms with E-state index in [0.29, 0.717) is 16.3 Å². The van der Waals surface area contributed by atoms with Crippen LogP contribution in [0.3, 0.4) is 0 Å². The number of hydrogen-bond donors (Lipinski definition) is 0. The van der Waals surface area contributed by atoms with Gasteiger partial charge in [0.25, 0.3) is 11.1 Å². The summed E-state index contributed by atoms with van der Waals surface area (Å²) in [6.45, 7) is 7.27. The van der Waals surface area contributed by atoms with Crippen LogP contribution in [0.1, 0.15) is 39.7 Å². The largest absolute Gasteiger partial charge is 0.489 e. The molecule has 1 aromatic rings. The van der Waals surface area contributed by atoms with Crippen molar-refractivity contribution in [2.75, 3.05) is 6.61 Å². The number of hydrogen-bond acceptors (Lipinski definition) is 6. The zero-order valence-corrected chi connectivity index (χ0v) is 17.2. The maximum absolute atomic E-state index is 12.6. The Kier molecular flexibility index (Phi) is 7.33. The van der Waals surface area contributed by atoms with Crippen LogP contribution in [0.2, 0.25) is 5.02 Å². The second kappa shape index (κ2) is 9.28. The number of carbonyl (C=O) groups is 3. The van der Waals surface area contributed by atoms with E-state index in [2.05, 4.69) is 0 Å². The fourth-order valence-electron chi connectivity index (χ4n) is 2.34. The molecule has 0 aromatic heterocycles. The number of benzene rings is 1. The molecule has 146 valence electrons. The first kappa shape index (κ1) is 21.3. The van der Waals surface area contributed by atoms with Crippen LogP contribution in [0.4, 0.5) is 4.79 Å². The first-order valence-electron chi connectivity index (χ1n) is 8.68. The zero-order valence-electron chi connectivity index (χ0n) is 15.7. The number of nitrogens with zero attached hydrogens (tertiary/aromatic N) is 1. The highest BCUT2D eigenvalue weighted by Gasteiger charge is 2.41. The molecule has 6 nitrogen and oxygen atoms in total. The number of imide groups is 1. The summed E-state index contributed by atoms with van der Waals surface area (Å²) < 4.78 is 10.6. The van der Waals surface area contributed by atoms with Crippen molar-refractivity contribution in [1.29, 1.82) is 0 Å². The lowest BCUT2D eigenvalue weighted by Gasteiger charge is -2.19. The molecule has 1 aliphatic heterocycles. The molecule has 0 N–H and O–H groups in total. The lowest BCUT2D eigenvalue weighted by Crippen LogP contribution is -2.42. The van der Waals surface area contributed by atoms with E-state index >= 15 is 0 Å². The highest BCUT2D eigenvalue weighted by molar-refractivity contribution is 8.18. The van der Waals surface area contributed by atoms with Gasteiger partial charge in [0.2, 0.25) is 0 Å². The van der Waals surface area contributed by atoms with Crippen molar-refractivity contribution in [2.24, 2.45) is 0 Å². The fourth-order valence-corrected chi connectivity index (χ4v) is 3.48. The number of amides is 2. The van der Waals surface area contributed by atoms with Gasteiger partial charge >= 0.3 is 5.97 Å². The van der Waals surface area contributed by atoms with Crippen molar-refractivity contribution in [3.63, 3.8) is 0 Å². The molecule has 0 saturated carbocycles. The number of thioether (sulfide) groups is 1. The van der Waals surface area contributed by atoms with Crippen LogP contribution < -0.4 is 4.74 Å². The standard InChI is InChI=1S/C19H22ClNO5S/c1-5-11(3)26-15-8-7-13(9-14(15)20)10-16-17(22)21(19(24)27-16)12(4)18(23)25-6-2/h7-12H,5-6H2,1-4H3/b16-10+/t11-,12-/m0/s1. The highest BCUT2D eigenvalue weighted by atomic mass is 35.5. The first-order chi connectivity index (χ1) is 12.8. The molecule has 1 aliphatic rings. The van der Waals surface area contributed by atoms with Crippen LogP contribution in [0, 0.1) is 0 Å². The van der Waals surface area contributed by atoms with E-state index in [4.69, 9.17) is 21.1 Å². The summed E-state index contributed by atoms with van der Waals surface area (Å²) in [5, 5.41) is -0.0854. The van der Waals surface area contributed by atoms with E-state index in [-0.39, 0.29) is 17.6 Å². The second-order valence-electron chi connectivity index (χ2n) is 6.01. The highest BCUT2D eigenvalue weighted by Crippen LogP contribution is 2.35. The molecule has 2 atom stereocenters. The second-order valence-corrected chi connectivity index (χ2v) is 7.41. The maximum atomic E-state index is 12.6. The van der Waals surface area contributed by atoms with Crippen LogP contribution in [-0.2, 0) is 14.3 Å². The van der Waals surface area contributed by atoms with Crippen molar-refractivity contribution in [1.82, 2.24) is 4.90 Å². The van der Waals surface area contributed by atoms with E-state index in [0.717, 1.165) is 23.1 Å². The number of halogens is 1. The number of ether oxygens (including phenoxy) is 2. The van der Waals surface area contributed by atoms with Crippen molar-refractivity contribution in [3.8, 4) is 5.75 Å². The third-order valence-electron chi connectivity index (χ3n) is 4.00. The topological polar surface area (TPSA) is 72.9 Å². The summed E-state index contributed by atoms with van der Waals surface area (Å²) in [6, 6.07) is 4.18. The molecule has 1 saturated heterocycles. The monoisotopic (exact) mass is 411 g/mol. The van der Waals surface area contributed by atoms with Gasteiger partial charge in [-0.15, -0.1) is 0 Å². The predicted octanol–water partition coefficient (Wildman–Crippen LogP) is 4.51. The Labute approximate surface area is 167 Å². The van der Waals surface area contributed by atoms with Gasteiger partial charge in [-0.2, -0.15) is 0 Å². The predicted molar refractivity (Wildman–Crippen MR) is 106 cm³/mol. The molecule has 0 bridgehead atoms. The van der Waals surface area contributed by atoms with Crippen molar-refractivity contribution < 1.29 is 23.9 Å². The van der Waals surface area contributed by atoms with Crippen LogP contribution in [0.5, 0.6) is 5.75 Å². The Hall–Kier alpha value is -1.99. The van der Waals surface area contributed by atoms with E-state index in [1.807, 2.05) is 13.8 Å². The van der Waals surface area contributed by atoms with Gasteiger partial charge in [-0.25, -0.2) is 4.79 Å². The molecule has 0 radical (unpaired) electrons. The van der Waals surface area contributed by atoms with Crippen molar-refractivity contribution in [2.45, 2.75) is 46.3 Å². The summed E-state index contributed by atoms with van der Waals surface area (Å²) in [5.74, 6) is -0.579. The molecular weight excluding hydrogens is 390 g/mol. The minimum atomic E-state index is -0.974. The Morgan fingerprint density at radius 1 is 1.30 bits per heavy atom. The molecule has 0 unspecified atom stereocenters. The Morgan fingerprint density at radius 3 is 2.59 bits per heavy atom. The molecule has 0 aliphatic carbocycles. The van der Waals surface area contributed by atoms with Crippen molar-refractivity contribution >= 4 is 46.6 Å². The molecule has 1 fully saturated rings. The normalized spacial score (nSPS) is 18.0. The van der Waals surface area contributed by atoms with Crippen LogP contribution in [0.25, 0.3) is 6.08 Å². The van der Waals surface area contributed by atoms with Gasteiger partial charge in [0.1, 0.15) is 11.8 Å². The average Bonchev–Trinajstić information content (AvgIpc) is 2.90. The summed E-state index contributed by atoms with van der Waals surface area (Å²) in [6.07, 6.45) is 2.46. The Bertz CT molecular complexity index is 779. The van der Waals surface area contributed by atoms with E-state index in [1.54, 1.807) is 31.2 Å². The Morgan fingerprint density at radius 2 is 2.00 bits per heavy atom. The molecule has 2 rings (SSSR count). The smallest absolute Gasteiger partial charge is 0.329 e. The van der Waals surface area contributed by atoms with Gasteiger partial charge < -0.3 is 9.47 Å². The molecule has 2 amide bonds. The van der Waals surface area contributed by atoms with E-state index in [9.17, 15) is 14.4 Å². The molecule has 8 heteroatoms. The minimum Gasteiger partial charge on any atom is -0.489 e. The van der Waals surface area contributed by atoms with E-state index < -0.39 is 23.2 Å². The quantitative estimate of drug-likeness (QED) is 0.485. The van der Waals surface area contributed by atoms with E-state index in [1.165, 1.54) is 6.92 Å². The first-order valence-corrected chi connectivity index (χ1v) is 9.87. The molecule has 1 heterocycles. The number of carbonyl (C=O) groups excluding carboxylic acids is 3. The Balaban J connectivity index is 2.20. The molecule has 1 aromatic carbocycles. The van der Waals surface area contributed by atoms with Crippen LogP contribution in [-0.4, -0.2) is 40.8 Å². The average molecular weight is 412 g/mol. The number of esters is 1. The van der Waals surface area contributed by atoms with Crippen molar-refractivity contribution in [3.05, 3.63) is 33.7 Å². The van der Waals surface area contributed by atoms with Gasteiger partial charge in [0.05, 0.1) is 22.6 Å².